The third kappa shape index (κ3) is 1.82. The molecule has 3 heteroatoms. The van der Waals surface area contributed by atoms with E-state index in [9.17, 15) is 0 Å². The van der Waals surface area contributed by atoms with Crippen molar-refractivity contribution in [3.8, 4) is 0 Å². The van der Waals surface area contributed by atoms with E-state index in [1.165, 1.54) is 11.2 Å². The highest BCUT2D eigenvalue weighted by atomic mass is 16.3. The molecule has 1 aromatic carbocycles. The molecule has 3 rings (SSSR count). The van der Waals surface area contributed by atoms with E-state index >= 15 is 0 Å². The number of hydrogen-bond donors (Lipinski definition) is 1. The van der Waals surface area contributed by atoms with Gasteiger partial charge in [-0.1, -0.05) is 18.2 Å². The van der Waals surface area contributed by atoms with Gasteiger partial charge in [-0.15, -0.1) is 0 Å². The second kappa shape index (κ2) is 3.91. The molecule has 17 heavy (non-hydrogen) atoms. The van der Waals surface area contributed by atoms with E-state index in [-0.39, 0.29) is 0 Å². The monoisotopic (exact) mass is 229 g/mol. The van der Waals surface area contributed by atoms with Crippen molar-refractivity contribution in [2.45, 2.75) is 12.3 Å². The molecule has 1 aliphatic heterocycles. The largest absolute Gasteiger partial charge is 0.461 e. The molecule has 1 aromatic heterocycles. The molecule has 88 valence electrons. The maximum absolute atomic E-state index is 5.91. The smallest absolute Gasteiger partial charge is 0.245 e. The van der Waals surface area contributed by atoms with E-state index in [1.807, 2.05) is 18.2 Å². The van der Waals surface area contributed by atoms with E-state index in [4.69, 9.17) is 4.42 Å². The van der Waals surface area contributed by atoms with E-state index in [2.05, 4.69) is 36.1 Å². The summed E-state index contributed by atoms with van der Waals surface area (Å²) in [5.74, 6) is 2.84. The van der Waals surface area contributed by atoms with Crippen LogP contribution in [0.1, 0.15) is 18.1 Å². The molecule has 0 aliphatic carbocycles. The molecular formula is C14H17N2O+. The summed E-state index contributed by atoms with van der Waals surface area (Å²) in [7, 11) is 4.15. The van der Waals surface area contributed by atoms with Crippen molar-refractivity contribution in [1.82, 2.24) is 5.32 Å². The number of para-hydroxylation sites is 1. The zero-order chi connectivity index (χ0) is 11.8. The second-order valence-corrected chi connectivity index (χ2v) is 4.81. The van der Waals surface area contributed by atoms with E-state index in [0.717, 1.165) is 24.3 Å². The molecule has 1 fully saturated rings. The van der Waals surface area contributed by atoms with Gasteiger partial charge in [-0.2, -0.15) is 0 Å². The van der Waals surface area contributed by atoms with Crippen LogP contribution < -0.4 is 5.32 Å². The summed E-state index contributed by atoms with van der Waals surface area (Å²) in [6, 6.07) is 10.4. The van der Waals surface area contributed by atoms with Crippen LogP contribution in [0.25, 0.3) is 11.0 Å². The van der Waals surface area contributed by atoms with Crippen molar-refractivity contribution in [2.24, 2.45) is 0 Å². The van der Waals surface area contributed by atoms with Crippen LogP contribution in [0.3, 0.4) is 0 Å². The fourth-order valence-corrected chi connectivity index (χ4v) is 2.36. The number of rotatable bonds is 1. The van der Waals surface area contributed by atoms with Gasteiger partial charge in [0.05, 0.1) is 33.0 Å². The third-order valence-electron chi connectivity index (χ3n) is 3.38. The Labute approximate surface area is 101 Å². The Balaban J connectivity index is 1.93. The SMILES string of the molecule is C[N+](C)=C1C[C@@H](c2cc3ccccc3o2)CN1. The lowest BCUT2D eigenvalue weighted by Crippen LogP contribution is -2.23. The number of amidine groups is 1. The van der Waals surface area contributed by atoms with Gasteiger partial charge in [0.1, 0.15) is 11.3 Å². The highest BCUT2D eigenvalue weighted by molar-refractivity contribution is 5.82. The summed E-state index contributed by atoms with van der Waals surface area (Å²) >= 11 is 0. The Hall–Kier alpha value is -1.77. The number of furan rings is 1. The van der Waals surface area contributed by atoms with Gasteiger partial charge < -0.3 is 4.42 Å². The number of fused-ring (bicyclic) bond motifs is 1. The van der Waals surface area contributed by atoms with Gasteiger partial charge in [0.25, 0.3) is 0 Å². The van der Waals surface area contributed by atoms with Crippen LogP contribution in [0.4, 0.5) is 0 Å². The molecule has 0 radical (unpaired) electrons. The molecule has 0 bridgehead atoms. The van der Waals surface area contributed by atoms with Crippen molar-refractivity contribution < 1.29 is 8.99 Å². The lowest BCUT2D eigenvalue weighted by atomic mass is 10.1. The maximum atomic E-state index is 5.91. The first-order valence-corrected chi connectivity index (χ1v) is 5.99. The standard InChI is InChI=1S/C14H16N2O/c1-16(2)14-8-11(9-15-14)13-7-10-5-3-4-6-12(10)17-13/h3-7,11H,8-9H2,1-2H3/p+1/t11-/m1/s1. The molecule has 1 N–H and O–H groups in total. The van der Waals surface area contributed by atoms with Crippen LogP contribution in [0.2, 0.25) is 0 Å². The van der Waals surface area contributed by atoms with Gasteiger partial charge >= 0.3 is 0 Å². The topological polar surface area (TPSA) is 28.2 Å². The summed E-state index contributed by atoms with van der Waals surface area (Å²) in [4.78, 5) is 0. The molecule has 0 amide bonds. The summed E-state index contributed by atoms with van der Waals surface area (Å²) in [5.41, 5.74) is 0.987. The Kier molecular flexibility index (Phi) is 2.39. The zero-order valence-corrected chi connectivity index (χ0v) is 10.2. The van der Waals surface area contributed by atoms with Crippen molar-refractivity contribution >= 4 is 16.8 Å². The molecule has 1 atom stereocenters. The predicted molar refractivity (Wildman–Crippen MR) is 68.7 cm³/mol. The van der Waals surface area contributed by atoms with E-state index < -0.39 is 0 Å². The summed E-state index contributed by atoms with van der Waals surface area (Å²) < 4.78 is 8.05. The van der Waals surface area contributed by atoms with Crippen molar-refractivity contribution in [1.29, 1.82) is 0 Å². The fourth-order valence-electron chi connectivity index (χ4n) is 2.36. The fraction of sp³-hybridized carbons (Fsp3) is 0.357. The van der Waals surface area contributed by atoms with Crippen LogP contribution in [0, 0.1) is 0 Å². The van der Waals surface area contributed by atoms with E-state index in [0.29, 0.717) is 5.92 Å². The molecular weight excluding hydrogens is 212 g/mol. The molecule has 3 nitrogen and oxygen atoms in total. The molecule has 0 saturated carbocycles. The Morgan fingerprint density at radius 2 is 2.12 bits per heavy atom. The molecule has 1 saturated heterocycles. The lowest BCUT2D eigenvalue weighted by molar-refractivity contribution is -0.467. The Bertz CT molecular complexity index is 546. The minimum absolute atomic E-state index is 0.458. The van der Waals surface area contributed by atoms with Crippen molar-refractivity contribution in [3.63, 3.8) is 0 Å². The lowest BCUT2D eigenvalue weighted by Gasteiger charge is -1.98. The highest BCUT2D eigenvalue weighted by Gasteiger charge is 2.30. The van der Waals surface area contributed by atoms with Crippen molar-refractivity contribution in [3.05, 3.63) is 36.1 Å². The number of nitrogens with one attached hydrogen (secondary N) is 1. The number of hydrogen-bond acceptors (Lipinski definition) is 1. The predicted octanol–water partition coefficient (Wildman–Crippen LogP) is 2.18. The number of benzene rings is 1. The van der Waals surface area contributed by atoms with Gasteiger partial charge in [0.15, 0.2) is 0 Å². The average molecular weight is 229 g/mol. The molecule has 0 unspecified atom stereocenters. The number of nitrogens with zero attached hydrogens (tertiary/aromatic N) is 1. The van der Waals surface area contributed by atoms with Gasteiger partial charge in [0.2, 0.25) is 5.84 Å². The minimum atomic E-state index is 0.458. The van der Waals surface area contributed by atoms with Crippen LogP contribution >= 0.6 is 0 Å². The van der Waals surface area contributed by atoms with Crippen LogP contribution in [-0.2, 0) is 0 Å². The first-order valence-electron chi connectivity index (χ1n) is 5.99. The first-order chi connectivity index (χ1) is 8.24. The van der Waals surface area contributed by atoms with E-state index in [1.54, 1.807) is 0 Å². The zero-order valence-electron chi connectivity index (χ0n) is 10.2. The summed E-state index contributed by atoms with van der Waals surface area (Å²) in [6.07, 6.45) is 1.03. The maximum Gasteiger partial charge on any atom is 0.245 e. The Morgan fingerprint density at radius 1 is 1.29 bits per heavy atom. The van der Waals surface area contributed by atoms with Crippen LogP contribution in [-0.4, -0.2) is 31.1 Å². The minimum Gasteiger partial charge on any atom is -0.461 e. The summed E-state index contributed by atoms with van der Waals surface area (Å²) in [5, 5.41) is 4.63. The van der Waals surface area contributed by atoms with Gasteiger partial charge in [-0.05, 0) is 12.1 Å². The molecule has 2 heterocycles. The van der Waals surface area contributed by atoms with Crippen LogP contribution in [0.5, 0.6) is 0 Å². The molecule has 2 aromatic rings. The quantitative estimate of drug-likeness (QED) is 0.759. The Morgan fingerprint density at radius 3 is 2.82 bits per heavy atom. The molecule has 0 spiro atoms. The van der Waals surface area contributed by atoms with Gasteiger partial charge in [-0.25, -0.2) is 0 Å². The second-order valence-electron chi connectivity index (χ2n) is 4.81. The third-order valence-corrected chi connectivity index (χ3v) is 3.38. The van der Waals surface area contributed by atoms with Crippen molar-refractivity contribution in [2.75, 3.05) is 20.6 Å². The summed E-state index contributed by atoms with van der Waals surface area (Å²) in [6.45, 7) is 0.966. The first kappa shape index (κ1) is 10.4. The average Bonchev–Trinajstić information content (AvgIpc) is 2.95. The highest BCUT2D eigenvalue weighted by Crippen LogP contribution is 2.29. The van der Waals surface area contributed by atoms with Crippen LogP contribution in [0.15, 0.2) is 34.7 Å². The van der Waals surface area contributed by atoms with Gasteiger partial charge in [-0.3, -0.25) is 9.89 Å². The van der Waals surface area contributed by atoms with Gasteiger partial charge in [0, 0.05) is 5.39 Å². The normalized spacial score (nSPS) is 19.6. The molecule has 1 aliphatic rings.